The Labute approximate surface area is 425 Å². The molecule has 14 nitrogen and oxygen atoms in total. The minimum absolute atomic E-state index is 0.0629. The van der Waals surface area contributed by atoms with Crippen LogP contribution < -0.4 is 0 Å². The molecule has 14 heteroatoms. The maximum Gasteiger partial charge on any atom is 0.306 e. The Hall–Kier alpha value is -1.27. The van der Waals surface area contributed by atoms with E-state index in [1.807, 2.05) is 0 Å². The van der Waals surface area contributed by atoms with Gasteiger partial charge in [-0.05, 0) is 38.5 Å². The summed E-state index contributed by atoms with van der Waals surface area (Å²) in [7, 11) is 0. The van der Waals surface area contributed by atoms with Gasteiger partial charge in [0.05, 0.1) is 26.4 Å². The fourth-order valence-corrected chi connectivity index (χ4v) is 9.34. The number of esters is 1. The number of unbranched alkanes of at least 4 members (excludes halogenated alkanes) is 31. The van der Waals surface area contributed by atoms with Crippen molar-refractivity contribution in [2.24, 2.45) is 0 Å². The first-order chi connectivity index (χ1) is 34.1. The first kappa shape index (κ1) is 64.8. The van der Waals surface area contributed by atoms with Crippen molar-refractivity contribution in [3.05, 3.63) is 12.2 Å². The van der Waals surface area contributed by atoms with Crippen LogP contribution in [-0.2, 0) is 33.2 Å². The first-order valence-electron chi connectivity index (χ1n) is 28.8. The Bertz CT molecular complexity index is 1210. The quantitative estimate of drug-likeness (QED) is 0.0172. The molecule has 2 fully saturated rings. The molecule has 0 amide bonds. The topological polar surface area (TPSA) is 214 Å². The van der Waals surface area contributed by atoms with Crippen LogP contribution in [0.15, 0.2) is 12.2 Å². The van der Waals surface area contributed by atoms with Gasteiger partial charge < -0.3 is 64.2 Å². The lowest BCUT2D eigenvalue weighted by Gasteiger charge is -2.42. The molecule has 2 rings (SSSR count). The predicted octanol–water partition coefficient (Wildman–Crippen LogP) is 9.81. The van der Waals surface area contributed by atoms with Crippen LogP contribution in [0, 0.1) is 0 Å². The van der Waals surface area contributed by atoms with E-state index in [0.29, 0.717) is 13.0 Å². The largest absolute Gasteiger partial charge is 0.457 e. The Balaban J connectivity index is 1.68. The van der Waals surface area contributed by atoms with Gasteiger partial charge in [-0.15, -0.1) is 0 Å². The van der Waals surface area contributed by atoms with Gasteiger partial charge in [0, 0.05) is 13.0 Å². The highest BCUT2D eigenvalue weighted by Gasteiger charge is 2.47. The van der Waals surface area contributed by atoms with Crippen molar-refractivity contribution in [1.29, 1.82) is 0 Å². The minimum Gasteiger partial charge on any atom is -0.457 e. The third-order valence-corrected chi connectivity index (χ3v) is 14.0. The maximum atomic E-state index is 13.1. The fourth-order valence-electron chi connectivity index (χ4n) is 9.34. The van der Waals surface area contributed by atoms with Crippen LogP contribution in [0.1, 0.15) is 239 Å². The number of hydrogen-bond acceptors (Lipinski definition) is 14. The van der Waals surface area contributed by atoms with Crippen molar-refractivity contribution < 1.29 is 69.0 Å². The van der Waals surface area contributed by atoms with Gasteiger partial charge in [-0.3, -0.25) is 4.79 Å². The molecule has 414 valence electrons. The molecule has 2 saturated heterocycles. The summed E-state index contributed by atoms with van der Waals surface area (Å²) in [5.74, 6) is -0.372. The summed E-state index contributed by atoms with van der Waals surface area (Å²) in [6.07, 6.45) is 31.4. The molecule has 0 aromatic heterocycles. The Kier molecular flexibility index (Phi) is 40.8. The third kappa shape index (κ3) is 30.8. The molecule has 7 N–H and O–H groups in total. The number of ether oxygens (including phenoxy) is 6. The van der Waals surface area contributed by atoms with Crippen molar-refractivity contribution >= 4 is 5.97 Å². The van der Waals surface area contributed by atoms with Crippen LogP contribution >= 0.6 is 0 Å². The number of aliphatic hydroxyl groups excluding tert-OH is 7. The lowest BCUT2D eigenvalue weighted by molar-refractivity contribution is -0.332. The summed E-state index contributed by atoms with van der Waals surface area (Å²) in [5, 5.41) is 72.2. The predicted molar refractivity (Wildman–Crippen MR) is 275 cm³/mol. The van der Waals surface area contributed by atoms with Gasteiger partial charge in [-0.2, -0.15) is 0 Å². The van der Waals surface area contributed by atoms with Gasteiger partial charge >= 0.3 is 5.97 Å². The number of allylic oxidation sites excluding steroid dienone is 2. The molecule has 70 heavy (non-hydrogen) atoms. The number of aliphatic hydroxyl groups is 7. The van der Waals surface area contributed by atoms with E-state index in [-0.39, 0.29) is 25.6 Å². The smallest absolute Gasteiger partial charge is 0.306 e. The van der Waals surface area contributed by atoms with E-state index < -0.39 is 80.7 Å². The lowest BCUT2D eigenvalue weighted by atomic mass is 9.98. The molecule has 2 heterocycles. The lowest BCUT2D eigenvalue weighted by Crippen LogP contribution is -2.61. The number of rotatable bonds is 47. The summed E-state index contributed by atoms with van der Waals surface area (Å²) < 4.78 is 34.3. The standard InChI is InChI=1S/C56H106O14/c1-3-5-7-9-11-13-15-17-18-19-20-21-22-23-24-25-26-27-29-31-33-35-37-39-48(58)68-45(42-65-40-38-36-34-32-30-28-16-14-12-10-8-6-4-2)43-66-55-54(64)52(62)50(60)47(70-55)44-67-56-53(63)51(61)49(59)46(41-57)69-56/h12,14,45-47,49-57,59-64H,3-11,13,15-44H2,1-2H3/b14-12-. The molecule has 0 spiro atoms. The summed E-state index contributed by atoms with van der Waals surface area (Å²) >= 11 is 0. The van der Waals surface area contributed by atoms with Crippen LogP contribution in [0.4, 0.5) is 0 Å². The monoisotopic (exact) mass is 1000 g/mol. The second-order valence-electron chi connectivity index (χ2n) is 20.5. The van der Waals surface area contributed by atoms with E-state index in [1.54, 1.807) is 0 Å². The highest BCUT2D eigenvalue weighted by atomic mass is 16.7. The molecule has 0 aromatic carbocycles. The van der Waals surface area contributed by atoms with Crippen molar-refractivity contribution in [2.45, 2.75) is 306 Å². The van der Waals surface area contributed by atoms with Crippen molar-refractivity contribution in [1.82, 2.24) is 0 Å². The SMILES string of the molecule is CCCCC/C=C\CCCCCCCCOCC(COC1OC(COC2OC(CO)C(O)C(O)C2O)C(O)C(O)C1O)OC(=O)CCCCCCCCCCCCCCCCCCCCCCCCC. The van der Waals surface area contributed by atoms with Crippen molar-refractivity contribution in [2.75, 3.05) is 33.0 Å². The Morgan fingerprint density at radius 3 is 1.33 bits per heavy atom. The molecular formula is C56H106O14. The van der Waals surface area contributed by atoms with Crippen LogP contribution in [-0.4, -0.2) is 142 Å². The average molecular weight is 1000 g/mol. The van der Waals surface area contributed by atoms with Crippen LogP contribution in [0.2, 0.25) is 0 Å². The Morgan fingerprint density at radius 1 is 0.457 bits per heavy atom. The highest BCUT2D eigenvalue weighted by Crippen LogP contribution is 2.27. The van der Waals surface area contributed by atoms with E-state index in [4.69, 9.17) is 28.4 Å². The second-order valence-corrected chi connectivity index (χ2v) is 20.5. The van der Waals surface area contributed by atoms with E-state index in [0.717, 1.165) is 44.9 Å². The molecule has 0 aromatic rings. The van der Waals surface area contributed by atoms with Gasteiger partial charge in [0.1, 0.15) is 54.9 Å². The van der Waals surface area contributed by atoms with Crippen molar-refractivity contribution in [3.63, 3.8) is 0 Å². The molecule has 11 atom stereocenters. The van der Waals surface area contributed by atoms with E-state index in [2.05, 4.69) is 26.0 Å². The molecule has 0 saturated carbocycles. The Morgan fingerprint density at radius 2 is 0.843 bits per heavy atom. The van der Waals surface area contributed by atoms with Crippen molar-refractivity contribution in [3.8, 4) is 0 Å². The van der Waals surface area contributed by atoms with E-state index in [9.17, 15) is 40.5 Å². The second kappa shape index (κ2) is 44.1. The highest BCUT2D eigenvalue weighted by molar-refractivity contribution is 5.69. The third-order valence-electron chi connectivity index (χ3n) is 14.0. The van der Waals surface area contributed by atoms with Gasteiger partial charge in [0.2, 0.25) is 0 Å². The van der Waals surface area contributed by atoms with Gasteiger partial charge in [-0.1, -0.05) is 206 Å². The number of carbonyl (C=O) groups excluding carboxylic acids is 1. The summed E-state index contributed by atoms with van der Waals surface area (Å²) in [4.78, 5) is 13.1. The molecular weight excluding hydrogens is 897 g/mol. The molecule has 2 aliphatic heterocycles. The normalized spacial score (nSPS) is 25.5. The van der Waals surface area contributed by atoms with Crippen LogP contribution in [0.25, 0.3) is 0 Å². The number of hydrogen-bond donors (Lipinski definition) is 7. The summed E-state index contributed by atoms with van der Waals surface area (Å²) in [6.45, 7) is 3.70. The molecule has 11 unspecified atom stereocenters. The van der Waals surface area contributed by atoms with E-state index in [1.165, 1.54) is 167 Å². The summed E-state index contributed by atoms with van der Waals surface area (Å²) in [6, 6.07) is 0. The summed E-state index contributed by atoms with van der Waals surface area (Å²) in [5.41, 5.74) is 0. The zero-order chi connectivity index (χ0) is 50.9. The van der Waals surface area contributed by atoms with Gasteiger partial charge in [0.25, 0.3) is 0 Å². The average Bonchev–Trinajstić information content (AvgIpc) is 3.36. The first-order valence-corrected chi connectivity index (χ1v) is 28.8. The van der Waals surface area contributed by atoms with Crippen LogP contribution in [0.5, 0.6) is 0 Å². The maximum absolute atomic E-state index is 13.1. The zero-order valence-corrected chi connectivity index (χ0v) is 44.3. The van der Waals surface area contributed by atoms with Gasteiger partial charge in [0.15, 0.2) is 12.6 Å². The van der Waals surface area contributed by atoms with E-state index >= 15 is 0 Å². The number of carbonyl (C=O) groups is 1. The molecule has 0 bridgehead atoms. The molecule has 0 radical (unpaired) electrons. The molecule has 2 aliphatic rings. The zero-order valence-electron chi connectivity index (χ0n) is 44.3. The fraction of sp³-hybridized carbons (Fsp3) is 0.946. The van der Waals surface area contributed by atoms with Crippen LogP contribution in [0.3, 0.4) is 0 Å². The minimum atomic E-state index is -1.70. The van der Waals surface area contributed by atoms with Gasteiger partial charge in [-0.25, -0.2) is 0 Å². The molecule has 0 aliphatic carbocycles.